The highest BCUT2D eigenvalue weighted by Gasteiger charge is 2.08. The Hall–Kier alpha value is -0.680. The van der Waals surface area contributed by atoms with Crippen LogP contribution in [0.3, 0.4) is 0 Å². The first kappa shape index (κ1) is 9.32. The molecule has 0 heterocycles. The number of hydrogen-bond donors (Lipinski definition) is 3. The van der Waals surface area contributed by atoms with Gasteiger partial charge in [-0.2, -0.15) is 0 Å². The SMILES string of the molecule is O/N=C/C(O)CC(O)CF. The number of aliphatic hydroxyl groups excluding tert-OH is 2. The summed E-state index contributed by atoms with van der Waals surface area (Å²) in [5.41, 5.74) is 0. The van der Waals surface area contributed by atoms with Crippen LogP contribution in [-0.4, -0.2) is 40.5 Å². The molecule has 0 amide bonds. The molecule has 0 aromatic rings. The molecule has 0 saturated heterocycles. The van der Waals surface area contributed by atoms with Crippen molar-refractivity contribution in [3.63, 3.8) is 0 Å². The van der Waals surface area contributed by atoms with Crippen LogP contribution in [-0.2, 0) is 0 Å². The molecule has 0 spiro atoms. The van der Waals surface area contributed by atoms with E-state index in [1.165, 1.54) is 0 Å². The van der Waals surface area contributed by atoms with E-state index in [1.54, 1.807) is 0 Å². The highest BCUT2D eigenvalue weighted by molar-refractivity contribution is 5.61. The summed E-state index contributed by atoms with van der Waals surface area (Å²) in [6, 6.07) is 0. The smallest absolute Gasteiger partial charge is 0.115 e. The molecule has 0 saturated carbocycles. The van der Waals surface area contributed by atoms with Crippen LogP contribution in [0.5, 0.6) is 0 Å². The van der Waals surface area contributed by atoms with E-state index in [0.717, 1.165) is 6.21 Å². The lowest BCUT2D eigenvalue weighted by Gasteiger charge is -2.06. The maximum absolute atomic E-state index is 11.5. The average Bonchev–Trinajstić information content (AvgIpc) is 1.88. The lowest BCUT2D eigenvalue weighted by molar-refractivity contribution is 0.0908. The first-order chi connectivity index (χ1) is 4.70. The molecule has 0 radical (unpaired) electrons. The van der Waals surface area contributed by atoms with Gasteiger partial charge in [0.15, 0.2) is 0 Å². The Kier molecular flexibility index (Phi) is 4.78. The lowest BCUT2D eigenvalue weighted by atomic mass is 10.2. The molecular formula is C5H10FNO3. The van der Waals surface area contributed by atoms with E-state index in [4.69, 9.17) is 15.4 Å². The van der Waals surface area contributed by atoms with Gasteiger partial charge in [0.25, 0.3) is 0 Å². The molecule has 0 aromatic carbocycles. The van der Waals surface area contributed by atoms with Crippen LogP contribution >= 0.6 is 0 Å². The fourth-order valence-electron chi connectivity index (χ4n) is 0.480. The first-order valence-electron chi connectivity index (χ1n) is 2.80. The topological polar surface area (TPSA) is 73.1 Å². The Morgan fingerprint density at radius 1 is 1.50 bits per heavy atom. The Labute approximate surface area is 57.6 Å². The summed E-state index contributed by atoms with van der Waals surface area (Å²) >= 11 is 0. The molecule has 60 valence electrons. The summed E-state index contributed by atoms with van der Waals surface area (Å²) in [6.45, 7) is -0.906. The second-order valence-electron chi connectivity index (χ2n) is 1.88. The van der Waals surface area contributed by atoms with Crippen LogP contribution < -0.4 is 0 Å². The molecule has 4 nitrogen and oxygen atoms in total. The van der Waals surface area contributed by atoms with Crippen molar-refractivity contribution in [2.45, 2.75) is 18.6 Å². The van der Waals surface area contributed by atoms with E-state index in [0.29, 0.717) is 0 Å². The van der Waals surface area contributed by atoms with Gasteiger partial charge in [-0.25, -0.2) is 4.39 Å². The summed E-state index contributed by atoms with van der Waals surface area (Å²) < 4.78 is 11.5. The van der Waals surface area contributed by atoms with Crippen molar-refractivity contribution in [1.29, 1.82) is 0 Å². The summed E-state index contributed by atoms with van der Waals surface area (Å²) in [5, 5.41) is 27.7. The molecule has 0 aliphatic carbocycles. The largest absolute Gasteiger partial charge is 0.411 e. The van der Waals surface area contributed by atoms with Gasteiger partial charge in [0.1, 0.15) is 6.67 Å². The third-order valence-electron chi connectivity index (χ3n) is 0.930. The monoisotopic (exact) mass is 151 g/mol. The number of hydrogen-bond acceptors (Lipinski definition) is 4. The number of rotatable bonds is 4. The number of alkyl halides is 1. The summed E-state index contributed by atoms with van der Waals surface area (Å²) in [7, 11) is 0. The number of nitrogens with zero attached hydrogens (tertiary/aromatic N) is 1. The normalized spacial score (nSPS) is 17.5. The van der Waals surface area contributed by atoms with Crippen molar-refractivity contribution in [2.75, 3.05) is 6.67 Å². The summed E-state index contributed by atoms with van der Waals surface area (Å²) in [5.74, 6) is 0. The van der Waals surface area contributed by atoms with E-state index in [9.17, 15) is 4.39 Å². The molecule has 2 unspecified atom stereocenters. The summed E-state index contributed by atoms with van der Waals surface area (Å²) in [6.07, 6.45) is -1.61. The third-order valence-corrected chi connectivity index (χ3v) is 0.930. The van der Waals surface area contributed by atoms with Gasteiger partial charge >= 0.3 is 0 Å². The Balaban J connectivity index is 3.46. The molecule has 2 atom stereocenters. The molecule has 10 heavy (non-hydrogen) atoms. The van der Waals surface area contributed by atoms with Crippen molar-refractivity contribution >= 4 is 6.21 Å². The zero-order valence-electron chi connectivity index (χ0n) is 5.31. The van der Waals surface area contributed by atoms with E-state index in [2.05, 4.69) is 5.16 Å². The van der Waals surface area contributed by atoms with Crippen LogP contribution in [0, 0.1) is 0 Å². The molecule has 0 fully saturated rings. The zero-order chi connectivity index (χ0) is 7.98. The van der Waals surface area contributed by atoms with Crippen LogP contribution in [0.15, 0.2) is 5.16 Å². The summed E-state index contributed by atoms with van der Waals surface area (Å²) in [4.78, 5) is 0. The van der Waals surface area contributed by atoms with Crippen molar-refractivity contribution in [3.05, 3.63) is 0 Å². The standard InChI is InChI=1S/C5H10FNO3/c6-2-4(8)1-5(9)3-7-10/h3-5,8-10H,1-2H2/b7-3+. The van der Waals surface area contributed by atoms with Gasteiger partial charge in [0, 0.05) is 6.42 Å². The molecule has 0 rings (SSSR count). The van der Waals surface area contributed by atoms with Gasteiger partial charge < -0.3 is 15.4 Å². The predicted molar refractivity (Wildman–Crippen MR) is 32.9 cm³/mol. The molecule has 0 aliphatic rings. The fraction of sp³-hybridized carbons (Fsp3) is 0.800. The second-order valence-corrected chi connectivity index (χ2v) is 1.88. The highest BCUT2D eigenvalue weighted by atomic mass is 19.1. The van der Waals surface area contributed by atoms with Crippen molar-refractivity contribution in [3.8, 4) is 0 Å². The Bertz CT molecular complexity index is 109. The Morgan fingerprint density at radius 3 is 2.50 bits per heavy atom. The molecule has 0 bridgehead atoms. The minimum absolute atomic E-state index is 0.152. The van der Waals surface area contributed by atoms with Crippen molar-refractivity contribution in [1.82, 2.24) is 0 Å². The quantitative estimate of drug-likeness (QED) is 0.289. The lowest BCUT2D eigenvalue weighted by Crippen LogP contribution is -2.20. The average molecular weight is 151 g/mol. The van der Waals surface area contributed by atoms with Crippen molar-refractivity contribution < 1.29 is 19.8 Å². The van der Waals surface area contributed by atoms with Crippen LogP contribution in [0.1, 0.15) is 6.42 Å². The third kappa shape index (κ3) is 4.22. The Morgan fingerprint density at radius 2 is 2.10 bits per heavy atom. The van der Waals surface area contributed by atoms with Crippen LogP contribution in [0.2, 0.25) is 0 Å². The fourth-order valence-corrected chi connectivity index (χ4v) is 0.480. The number of oxime groups is 1. The minimum Gasteiger partial charge on any atom is -0.411 e. The maximum atomic E-state index is 11.5. The first-order valence-corrected chi connectivity index (χ1v) is 2.80. The van der Waals surface area contributed by atoms with Crippen LogP contribution in [0.4, 0.5) is 4.39 Å². The van der Waals surface area contributed by atoms with Gasteiger partial charge in [-0.15, -0.1) is 0 Å². The second kappa shape index (κ2) is 5.13. The number of aliphatic hydroxyl groups is 2. The molecular weight excluding hydrogens is 141 g/mol. The van der Waals surface area contributed by atoms with Gasteiger partial charge in [0.2, 0.25) is 0 Å². The zero-order valence-corrected chi connectivity index (χ0v) is 5.31. The number of halogens is 1. The molecule has 3 N–H and O–H groups in total. The van der Waals surface area contributed by atoms with E-state index in [1.807, 2.05) is 0 Å². The van der Waals surface area contributed by atoms with Gasteiger partial charge in [-0.1, -0.05) is 5.16 Å². The van der Waals surface area contributed by atoms with Gasteiger partial charge in [-0.05, 0) is 0 Å². The molecule has 0 aromatic heterocycles. The minimum atomic E-state index is -1.19. The van der Waals surface area contributed by atoms with Crippen molar-refractivity contribution in [2.24, 2.45) is 5.16 Å². The van der Waals surface area contributed by atoms with E-state index in [-0.39, 0.29) is 6.42 Å². The predicted octanol–water partition coefficient (Wildman–Crippen LogP) is -0.472. The van der Waals surface area contributed by atoms with Crippen LogP contribution in [0.25, 0.3) is 0 Å². The maximum Gasteiger partial charge on any atom is 0.115 e. The molecule has 0 aliphatic heterocycles. The molecule has 5 heteroatoms. The van der Waals surface area contributed by atoms with Gasteiger partial charge in [0.05, 0.1) is 18.4 Å². The van der Waals surface area contributed by atoms with E-state index >= 15 is 0 Å². The highest BCUT2D eigenvalue weighted by Crippen LogP contribution is 1.96. The van der Waals surface area contributed by atoms with Gasteiger partial charge in [-0.3, -0.25) is 0 Å². The van der Waals surface area contributed by atoms with E-state index < -0.39 is 18.9 Å².